The largest absolute Gasteiger partial charge is 0.445 e. The maximum Gasteiger partial charge on any atom is 0.407 e. The molecule has 3 atom stereocenters. The van der Waals surface area contributed by atoms with Crippen molar-refractivity contribution >= 4 is 33.5 Å². The van der Waals surface area contributed by atoms with Gasteiger partial charge in [0, 0.05) is 30.8 Å². The Labute approximate surface area is 264 Å². The molecule has 13 nitrogen and oxygen atoms in total. The molecule has 1 fully saturated rings. The summed E-state index contributed by atoms with van der Waals surface area (Å²) in [5, 5.41) is 16.9. The number of nitrogens with zero attached hydrogens (tertiary/aromatic N) is 2. The summed E-state index contributed by atoms with van der Waals surface area (Å²) in [6.45, 7) is 8.42. The van der Waals surface area contributed by atoms with E-state index in [0.29, 0.717) is 13.0 Å². The molecule has 0 spiro atoms. The highest BCUT2D eigenvalue weighted by Gasteiger charge is 2.36. The van der Waals surface area contributed by atoms with Crippen molar-refractivity contribution in [3.8, 4) is 0 Å². The number of benzene rings is 2. The molecule has 0 aromatic heterocycles. The van der Waals surface area contributed by atoms with Crippen LogP contribution in [0.25, 0.3) is 0 Å². The zero-order valence-corrected chi connectivity index (χ0v) is 26.9. The SMILES string of the molecule is CC(C)C[C@@H](CN1CC(=O)C(NC(=O)[C@H](CC(C)C)NS(=O)(=O)Cc2ccccc2[N+](=O)[O-])C1)NC(=O)OCc1ccccc1. The van der Waals surface area contributed by atoms with Gasteiger partial charge in [-0.2, -0.15) is 0 Å². The molecule has 3 rings (SSSR count). The number of rotatable bonds is 16. The van der Waals surface area contributed by atoms with Gasteiger partial charge in [-0.1, -0.05) is 76.2 Å². The van der Waals surface area contributed by atoms with Crippen LogP contribution in [0.5, 0.6) is 0 Å². The Bertz CT molecular complexity index is 1430. The van der Waals surface area contributed by atoms with E-state index in [1.165, 1.54) is 24.3 Å². The molecule has 0 saturated carbocycles. The lowest BCUT2D eigenvalue weighted by Gasteiger charge is -2.26. The van der Waals surface area contributed by atoms with Crippen molar-refractivity contribution in [1.29, 1.82) is 0 Å². The molecule has 1 saturated heterocycles. The van der Waals surface area contributed by atoms with Gasteiger partial charge in [-0.3, -0.25) is 24.6 Å². The summed E-state index contributed by atoms with van der Waals surface area (Å²) in [7, 11) is -4.16. The first-order valence-electron chi connectivity index (χ1n) is 15.0. The Hall–Kier alpha value is -3.88. The molecule has 3 N–H and O–H groups in total. The third-order valence-corrected chi connectivity index (χ3v) is 8.51. The Kier molecular flexibility index (Phi) is 13.0. The lowest BCUT2D eigenvalue weighted by atomic mass is 10.0. The number of Topliss-reactive ketones (excluding diaryl/α,β-unsaturated/α-hetero) is 1. The number of nitro groups is 1. The average Bonchev–Trinajstić information content (AvgIpc) is 3.29. The minimum atomic E-state index is -4.16. The molecule has 2 aromatic carbocycles. The fraction of sp³-hybridized carbons (Fsp3) is 0.516. The fourth-order valence-electron chi connectivity index (χ4n) is 5.24. The summed E-state index contributed by atoms with van der Waals surface area (Å²) in [6.07, 6.45) is 0.224. The van der Waals surface area contributed by atoms with Crippen LogP contribution in [0, 0.1) is 22.0 Å². The van der Waals surface area contributed by atoms with Crippen molar-refractivity contribution in [3.63, 3.8) is 0 Å². The number of hydrogen-bond donors (Lipinski definition) is 3. The van der Waals surface area contributed by atoms with Crippen LogP contribution in [0.1, 0.15) is 51.7 Å². The van der Waals surface area contributed by atoms with Crippen molar-refractivity contribution in [1.82, 2.24) is 20.3 Å². The highest BCUT2D eigenvalue weighted by molar-refractivity contribution is 7.88. The third-order valence-electron chi connectivity index (χ3n) is 7.17. The monoisotopic (exact) mass is 645 g/mol. The number of hydrogen-bond acceptors (Lipinski definition) is 9. The van der Waals surface area contributed by atoms with E-state index in [2.05, 4.69) is 15.4 Å². The van der Waals surface area contributed by atoms with Crippen molar-refractivity contribution in [2.24, 2.45) is 11.8 Å². The van der Waals surface area contributed by atoms with Gasteiger partial charge in [-0.05, 0) is 30.2 Å². The molecule has 1 unspecified atom stereocenters. The second-order valence-corrected chi connectivity index (χ2v) is 14.0. The predicted molar refractivity (Wildman–Crippen MR) is 168 cm³/mol. The van der Waals surface area contributed by atoms with E-state index in [9.17, 15) is 32.9 Å². The van der Waals surface area contributed by atoms with Crippen LogP contribution >= 0.6 is 0 Å². The molecule has 1 heterocycles. The number of nitrogens with one attached hydrogen (secondary N) is 3. The summed E-state index contributed by atoms with van der Waals surface area (Å²) in [6, 6.07) is 12.5. The second kappa shape index (κ2) is 16.4. The van der Waals surface area contributed by atoms with Gasteiger partial charge in [-0.15, -0.1) is 0 Å². The number of likely N-dealkylation sites (tertiary alicyclic amines) is 1. The normalized spacial score (nSPS) is 16.8. The van der Waals surface area contributed by atoms with E-state index in [-0.39, 0.29) is 61.0 Å². The topological polar surface area (TPSA) is 177 Å². The molecular formula is C31H43N5O8S. The number of nitro benzene ring substituents is 1. The van der Waals surface area contributed by atoms with Crippen LogP contribution in [0.4, 0.5) is 10.5 Å². The van der Waals surface area contributed by atoms with Crippen molar-refractivity contribution in [2.75, 3.05) is 19.6 Å². The zero-order chi connectivity index (χ0) is 33.1. The van der Waals surface area contributed by atoms with Crippen LogP contribution in [0.15, 0.2) is 54.6 Å². The van der Waals surface area contributed by atoms with Gasteiger partial charge in [0.15, 0.2) is 5.78 Å². The summed E-state index contributed by atoms with van der Waals surface area (Å²) in [5.41, 5.74) is 0.518. The first-order valence-corrected chi connectivity index (χ1v) is 16.6. The first kappa shape index (κ1) is 35.6. The molecule has 2 aromatic rings. The Balaban J connectivity index is 1.61. The van der Waals surface area contributed by atoms with Gasteiger partial charge >= 0.3 is 6.09 Å². The van der Waals surface area contributed by atoms with Gasteiger partial charge in [0.05, 0.1) is 17.2 Å². The first-order chi connectivity index (χ1) is 21.2. The Morgan fingerprint density at radius 1 is 1.02 bits per heavy atom. The van der Waals surface area contributed by atoms with Gasteiger partial charge < -0.3 is 15.4 Å². The predicted octanol–water partition coefficient (Wildman–Crippen LogP) is 3.14. The van der Waals surface area contributed by atoms with Crippen LogP contribution in [-0.2, 0) is 36.7 Å². The maximum absolute atomic E-state index is 13.3. The van der Waals surface area contributed by atoms with Crippen molar-refractivity contribution in [2.45, 2.75) is 71.0 Å². The summed E-state index contributed by atoms with van der Waals surface area (Å²) in [5.74, 6) is -1.39. The lowest BCUT2D eigenvalue weighted by molar-refractivity contribution is -0.385. The Morgan fingerprint density at radius 3 is 2.31 bits per heavy atom. The minimum absolute atomic E-state index is 0.00572. The van der Waals surface area contributed by atoms with Crippen LogP contribution in [0.2, 0.25) is 0 Å². The van der Waals surface area contributed by atoms with Crippen molar-refractivity contribution in [3.05, 3.63) is 75.8 Å². The standard InChI is InChI=1S/C31H43N5O8S/c1-21(2)14-25(32-31(39)44-19-23-10-6-5-7-11-23)16-35-17-27(29(37)18-35)33-30(38)26(15-22(3)4)34-45(42,43)20-24-12-8-9-13-28(24)36(40)41/h5-13,21-22,25-27,34H,14-20H2,1-4H3,(H,32,39)(H,33,38)/t25-,26-,27?/m0/s1. The number of carbonyl (C=O) groups is 3. The number of amides is 2. The number of sulfonamides is 1. The molecule has 45 heavy (non-hydrogen) atoms. The molecule has 1 aliphatic rings. The van der Waals surface area contributed by atoms with Gasteiger partial charge in [0.25, 0.3) is 5.69 Å². The summed E-state index contributed by atoms with van der Waals surface area (Å²) in [4.78, 5) is 51.3. The highest BCUT2D eigenvalue weighted by Crippen LogP contribution is 2.20. The number of carbonyl (C=O) groups excluding carboxylic acids is 3. The lowest BCUT2D eigenvalue weighted by Crippen LogP contribution is -2.52. The Morgan fingerprint density at radius 2 is 1.67 bits per heavy atom. The third kappa shape index (κ3) is 11.9. The van der Waals surface area contributed by atoms with Crippen LogP contribution in [-0.4, -0.2) is 73.8 Å². The second-order valence-electron chi connectivity index (χ2n) is 12.2. The van der Waals surface area contributed by atoms with E-state index >= 15 is 0 Å². The number of alkyl carbamates (subject to hydrolysis) is 1. The molecular weight excluding hydrogens is 602 g/mol. The van der Waals surface area contributed by atoms with E-state index < -0.39 is 44.8 Å². The van der Waals surface area contributed by atoms with E-state index in [0.717, 1.165) is 5.56 Å². The van der Waals surface area contributed by atoms with Gasteiger partial charge in [-0.25, -0.2) is 17.9 Å². The van der Waals surface area contributed by atoms with Gasteiger partial charge in [0.2, 0.25) is 15.9 Å². The van der Waals surface area contributed by atoms with E-state index in [1.807, 2.05) is 62.9 Å². The van der Waals surface area contributed by atoms with Crippen molar-refractivity contribution < 1.29 is 32.5 Å². The molecule has 0 bridgehead atoms. The number of para-hydroxylation sites is 1. The number of ether oxygens (including phenoxy) is 1. The van der Waals surface area contributed by atoms with E-state index in [1.54, 1.807) is 0 Å². The average molecular weight is 646 g/mol. The van der Waals surface area contributed by atoms with Crippen LogP contribution < -0.4 is 15.4 Å². The smallest absolute Gasteiger partial charge is 0.407 e. The maximum atomic E-state index is 13.3. The zero-order valence-electron chi connectivity index (χ0n) is 26.1. The molecule has 246 valence electrons. The summed E-state index contributed by atoms with van der Waals surface area (Å²) >= 11 is 0. The molecule has 0 radical (unpaired) electrons. The van der Waals surface area contributed by atoms with Gasteiger partial charge in [0.1, 0.15) is 18.7 Å². The summed E-state index contributed by atoms with van der Waals surface area (Å²) < 4.78 is 33.8. The molecule has 0 aliphatic carbocycles. The molecule has 2 amide bonds. The van der Waals surface area contributed by atoms with Crippen LogP contribution in [0.3, 0.4) is 0 Å². The minimum Gasteiger partial charge on any atom is -0.445 e. The molecule has 1 aliphatic heterocycles. The molecule has 14 heteroatoms. The highest BCUT2D eigenvalue weighted by atomic mass is 32.2. The van der Waals surface area contributed by atoms with E-state index in [4.69, 9.17) is 4.74 Å². The number of ketones is 1. The quantitative estimate of drug-likeness (QED) is 0.183. The fourth-order valence-corrected chi connectivity index (χ4v) is 6.61.